The maximum absolute atomic E-state index is 6.17. The average molecular weight is 251 g/mol. The first-order valence-electron chi connectivity index (χ1n) is 6.52. The van der Waals surface area contributed by atoms with Crippen molar-refractivity contribution in [3.05, 3.63) is 34.9 Å². The molecule has 92 valence electrons. The van der Waals surface area contributed by atoms with Crippen molar-refractivity contribution >= 4 is 11.6 Å². The SMILES string of the molecule is Clc1ccccc1CN[C@H]1CN2CCC1CC2. The van der Waals surface area contributed by atoms with E-state index in [0.29, 0.717) is 6.04 Å². The zero-order valence-corrected chi connectivity index (χ0v) is 10.8. The lowest BCUT2D eigenvalue weighted by Crippen LogP contribution is -2.55. The number of hydrogen-bond donors (Lipinski definition) is 1. The molecule has 1 aromatic rings. The molecule has 3 fully saturated rings. The number of nitrogens with one attached hydrogen (secondary N) is 1. The van der Waals surface area contributed by atoms with Crippen molar-refractivity contribution in [2.45, 2.75) is 25.4 Å². The molecule has 3 saturated heterocycles. The number of halogens is 1. The molecular weight excluding hydrogens is 232 g/mol. The largest absolute Gasteiger partial charge is 0.308 e. The van der Waals surface area contributed by atoms with Crippen LogP contribution in [0.3, 0.4) is 0 Å². The first-order valence-corrected chi connectivity index (χ1v) is 6.90. The quantitative estimate of drug-likeness (QED) is 0.887. The van der Waals surface area contributed by atoms with Gasteiger partial charge in [-0.3, -0.25) is 0 Å². The maximum Gasteiger partial charge on any atom is 0.0450 e. The maximum atomic E-state index is 6.17. The molecule has 3 heterocycles. The highest BCUT2D eigenvalue weighted by Gasteiger charge is 2.33. The number of rotatable bonds is 3. The zero-order valence-electron chi connectivity index (χ0n) is 10.0. The molecule has 0 aliphatic carbocycles. The van der Waals surface area contributed by atoms with Gasteiger partial charge in [-0.25, -0.2) is 0 Å². The van der Waals surface area contributed by atoms with E-state index in [4.69, 9.17) is 11.6 Å². The lowest BCUT2D eigenvalue weighted by molar-refractivity contribution is 0.0720. The number of benzene rings is 1. The minimum absolute atomic E-state index is 0.661. The van der Waals surface area contributed by atoms with Crippen LogP contribution in [0.2, 0.25) is 5.02 Å². The van der Waals surface area contributed by atoms with Gasteiger partial charge < -0.3 is 10.2 Å². The number of hydrogen-bond acceptors (Lipinski definition) is 2. The fourth-order valence-electron chi connectivity index (χ4n) is 3.08. The predicted molar refractivity (Wildman–Crippen MR) is 71.2 cm³/mol. The second-order valence-corrected chi connectivity index (χ2v) is 5.62. The fourth-order valence-corrected chi connectivity index (χ4v) is 3.28. The summed E-state index contributed by atoms with van der Waals surface area (Å²) in [5.74, 6) is 0.877. The van der Waals surface area contributed by atoms with Gasteiger partial charge in [0.1, 0.15) is 0 Å². The first-order chi connectivity index (χ1) is 8.33. The Balaban J connectivity index is 1.60. The van der Waals surface area contributed by atoms with E-state index in [9.17, 15) is 0 Å². The second kappa shape index (κ2) is 4.97. The summed E-state index contributed by atoms with van der Waals surface area (Å²) in [6, 6.07) is 8.78. The molecule has 2 nitrogen and oxygen atoms in total. The van der Waals surface area contributed by atoms with Gasteiger partial charge in [-0.15, -0.1) is 0 Å². The van der Waals surface area contributed by atoms with E-state index in [1.54, 1.807) is 0 Å². The van der Waals surface area contributed by atoms with Crippen molar-refractivity contribution in [1.29, 1.82) is 0 Å². The standard InChI is InChI=1S/C14H19ClN2/c15-13-4-2-1-3-12(13)9-16-14-10-17-7-5-11(14)6-8-17/h1-4,11,14,16H,5-10H2/t14-/m0/s1. The Bertz CT molecular complexity index is 386. The van der Waals surface area contributed by atoms with Crippen LogP contribution in [0, 0.1) is 5.92 Å². The molecule has 0 aromatic heterocycles. The average Bonchev–Trinajstić information content (AvgIpc) is 2.39. The lowest BCUT2D eigenvalue weighted by atomic mass is 9.84. The Kier molecular flexibility index (Phi) is 3.37. The molecule has 0 radical (unpaired) electrons. The molecule has 17 heavy (non-hydrogen) atoms. The highest BCUT2D eigenvalue weighted by Crippen LogP contribution is 2.27. The third kappa shape index (κ3) is 2.49. The smallest absolute Gasteiger partial charge is 0.0450 e. The van der Waals surface area contributed by atoms with E-state index >= 15 is 0 Å². The minimum Gasteiger partial charge on any atom is -0.308 e. The Morgan fingerprint density at radius 2 is 2.00 bits per heavy atom. The van der Waals surface area contributed by atoms with Crippen LogP contribution in [-0.2, 0) is 6.54 Å². The lowest BCUT2D eigenvalue weighted by Gasteiger charge is -2.45. The van der Waals surface area contributed by atoms with E-state index in [-0.39, 0.29) is 0 Å². The van der Waals surface area contributed by atoms with Crippen LogP contribution in [0.1, 0.15) is 18.4 Å². The topological polar surface area (TPSA) is 15.3 Å². The molecule has 0 saturated carbocycles. The highest BCUT2D eigenvalue weighted by molar-refractivity contribution is 6.31. The van der Waals surface area contributed by atoms with Crippen molar-refractivity contribution in [2.24, 2.45) is 5.92 Å². The van der Waals surface area contributed by atoms with Crippen LogP contribution in [0.4, 0.5) is 0 Å². The molecule has 0 amide bonds. The molecule has 3 aliphatic rings. The predicted octanol–water partition coefficient (Wildman–Crippen LogP) is 2.52. The monoisotopic (exact) mass is 250 g/mol. The van der Waals surface area contributed by atoms with Gasteiger partial charge in [0, 0.05) is 24.2 Å². The van der Waals surface area contributed by atoms with E-state index in [2.05, 4.69) is 22.3 Å². The van der Waals surface area contributed by atoms with Crippen molar-refractivity contribution in [3.8, 4) is 0 Å². The van der Waals surface area contributed by atoms with Gasteiger partial charge in [-0.1, -0.05) is 29.8 Å². The molecule has 1 atom stereocenters. The summed E-state index contributed by atoms with van der Waals surface area (Å²) in [5, 5.41) is 4.56. The van der Waals surface area contributed by atoms with Crippen molar-refractivity contribution in [2.75, 3.05) is 19.6 Å². The third-order valence-electron chi connectivity index (χ3n) is 4.17. The van der Waals surface area contributed by atoms with Gasteiger partial charge >= 0.3 is 0 Å². The molecule has 1 N–H and O–H groups in total. The molecule has 1 aromatic carbocycles. The third-order valence-corrected chi connectivity index (χ3v) is 4.54. The highest BCUT2D eigenvalue weighted by atomic mass is 35.5. The van der Waals surface area contributed by atoms with Crippen LogP contribution in [0.25, 0.3) is 0 Å². The van der Waals surface area contributed by atoms with E-state index in [1.807, 2.05) is 12.1 Å². The van der Waals surface area contributed by atoms with Crippen molar-refractivity contribution in [1.82, 2.24) is 10.2 Å². The van der Waals surface area contributed by atoms with Crippen molar-refractivity contribution < 1.29 is 0 Å². The second-order valence-electron chi connectivity index (χ2n) is 5.22. The molecule has 0 spiro atoms. The normalized spacial score (nSPS) is 31.7. The summed E-state index contributed by atoms with van der Waals surface area (Å²) < 4.78 is 0. The molecule has 0 unspecified atom stereocenters. The van der Waals surface area contributed by atoms with Gasteiger partial charge in [0.05, 0.1) is 0 Å². The molecule has 2 bridgehead atoms. The van der Waals surface area contributed by atoms with Gasteiger partial charge in [0.2, 0.25) is 0 Å². The summed E-state index contributed by atoms with van der Waals surface area (Å²) in [6.45, 7) is 4.72. The fraction of sp³-hybridized carbons (Fsp3) is 0.571. The zero-order chi connectivity index (χ0) is 11.7. The molecular formula is C14H19ClN2. The van der Waals surface area contributed by atoms with Crippen LogP contribution in [0.15, 0.2) is 24.3 Å². The summed E-state index contributed by atoms with van der Waals surface area (Å²) in [5.41, 5.74) is 1.21. The van der Waals surface area contributed by atoms with Crippen LogP contribution < -0.4 is 5.32 Å². The summed E-state index contributed by atoms with van der Waals surface area (Å²) >= 11 is 6.17. The van der Waals surface area contributed by atoms with Crippen LogP contribution in [0.5, 0.6) is 0 Å². The summed E-state index contributed by atoms with van der Waals surface area (Å²) in [4.78, 5) is 2.57. The Labute approximate surface area is 108 Å². The van der Waals surface area contributed by atoms with E-state index < -0.39 is 0 Å². The first kappa shape index (κ1) is 11.5. The Morgan fingerprint density at radius 3 is 2.65 bits per heavy atom. The summed E-state index contributed by atoms with van der Waals surface area (Å²) in [6.07, 6.45) is 2.72. The van der Waals surface area contributed by atoms with E-state index in [0.717, 1.165) is 17.5 Å². The number of piperidine rings is 3. The number of fused-ring (bicyclic) bond motifs is 3. The van der Waals surface area contributed by atoms with Crippen molar-refractivity contribution in [3.63, 3.8) is 0 Å². The molecule has 3 heteroatoms. The van der Waals surface area contributed by atoms with Crippen LogP contribution in [-0.4, -0.2) is 30.6 Å². The van der Waals surface area contributed by atoms with Gasteiger partial charge in [-0.05, 0) is 43.5 Å². The van der Waals surface area contributed by atoms with Gasteiger partial charge in [0.25, 0.3) is 0 Å². The van der Waals surface area contributed by atoms with Gasteiger partial charge in [-0.2, -0.15) is 0 Å². The van der Waals surface area contributed by atoms with Gasteiger partial charge in [0.15, 0.2) is 0 Å². The van der Waals surface area contributed by atoms with E-state index in [1.165, 1.54) is 38.0 Å². The summed E-state index contributed by atoms with van der Waals surface area (Å²) in [7, 11) is 0. The Hall–Kier alpha value is -0.570. The molecule has 4 rings (SSSR count). The molecule has 3 aliphatic heterocycles. The minimum atomic E-state index is 0.661. The number of nitrogens with zero attached hydrogens (tertiary/aromatic N) is 1. The van der Waals surface area contributed by atoms with Crippen LogP contribution >= 0.6 is 11.6 Å². The Morgan fingerprint density at radius 1 is 1.24 bits per heavy atom.